The number of hydrogen-bond acceptors (Lipinski definition) is 5. The number of ether oxygens (including phenoxy) is 2. The molecular weight excluding hydrogens is 423 g/mol. The number of halogens is 1. The Morgan fingerprint density at radius 3 is 2.55 bits per heavy atom. The molecule has 2 atom stereocenters. The molecule has 0 bridgehead atoms. The molecule has 2 fully saturated rings. The zero-order valence-corrected chi connectivity index (χ0v) is 18.3. The lowest BCUT2D eigenvalue weighted by molar-refractivity contribution is 0.0783. The first-order valence-corrected chi connectivity index (χ1v) is 11.6. The summed E-state index contributed by atoms with van der Waals surface area (Å²) in [7, 11) is -0.848. The molecule has 4 rings (SSSR count). The minimum atomic E-state index is -3.79. The van der Waals surface area contributed by atoms with Crippen LogP contribution in [0.5, 0.6) is 11.5 Å². The Morgan fingerprint density at radius 2 is 1.84 bits per heavy atom. The van der Waals surface area contributed by atoms with Gasteiger partial charge in [-0.25, -0.2) is 12.8 Å². The molecule has 31 heavy (non-hydrogen) atoms. The minimum absolute atomic E-state index is 0.0428. The van der Waals surface area contributed by atoms with E-state index in [0.717, 1.165) is 12.8 Å². The second-order valence-electron chi connectivity index (χ2n) is 7.82. The molecule has 0 aromatic heterocycles. The van der Waals surface area contributed by atoms with Gasteiger partial charge < -0.3 is 14.4 Å². The van der Waals surface area contributed by atoms with Gasteiger partial charge in [-0.2, -0.15) is 4.31 Å². The zero-order valence-electron chi connectivity index (χ0n) is 17.5. The SMILES string of the molecule is COc1ccc(S(=O)(=O)N2CCC[C@@H]3CN(C(=O)c4cccc(F)c4)C[C@@H]32)cc1OC. The summed E-state index contributed by atoms with van der Waals surface area (Å²) in [6.07, 6.45) is 1.56. The summed E-state index contributed by atoms with van der Waals surface area (Å²) >= 11 is 0. The van der Waals surface area contributed by atoms with Gasteiger partial charge in [-0.15, -0.1) is 0 Å². The summed E-state index contributed by atoms with van der Waals surface area (Å²) < 4.78 is 52.5. The minimum Gasteiger partial charge on any atom is -0.493 e. The van der Waals surface area contributed by atoms with Crippen LogP contribution in [0.1, 0.15) is 23.2 Å². The van der Waals surface area contributed by atoms with E-state index >= 15 is 0 Å². The van der Waals surface area contributed by atoms with E-state index in [0.29, 0.717) is 24.6 Å². The van der Waals surface area contributed by atoms with E-state index in [-0.39, 0.29) is 34.9 Å². The first-order valence-electron chi connectivity index (χ1n) is 10.1. The number of hydrogen-bond donors (Lipinski definition) is 0. The molecule has 0 N–H and O–H groups in total. The van der Waals surface area contributed by atoms with Gasteiger partial charge in [0.15, 0.2) is 11.5 Å². The van der Waals surface area contributed by atoms with Gasteiger partial charge in [-0.3, -0.25) is 4.79 Å². The lowest BCUT2D eigenvalue weighted by atomic mass is 9.94. The van der Waals surface area contributed by atoms with Gasteiger partial charge >= 0.3 is 0 Å². The monoisotopic (exact) mass is 448 g/mol. The van der Waals surface area contributed by atoms with Crippen LogP contribution in [0.25, 0.3) is 0 Å². The van der Waals surface area contributed by atoms with Crippen LogP contribution in [-0.2, 0) is 10.0 Å². The third-order valence-corrected chi connectivity index (χ3v) is 7.97. The molecule has 2 saturated heterocycles. The lowest BCUT2D eigenvalue weighted by Gasteiger charge is -2.35. The molecule has 7 nitrogen and oxygen atoms in total. The Balaban J connectivity index is 1.59. The molecule has 1 amide bonds. The summed E-state index contributed by atoms with van der Waals surface area (Å²) in [4.78, 5) is 14.6. The molecule has 2 aromatic carbocycles. The molecule has 9 heteroatoms. The standard InChI is InChI=1S/C22H25FN2O5S/c1-29-20-9-8-18(12-21(20)30-2)31(27,28)25-10-4-6-16-13-24(14-19(16)25)22(26)15-5-3-7-17(23)11-15/h3,5,7-9,11-12,16,19H,4,6,10,13-14H2,1-2H3/t16-,19+/m1/s1. The number of benzene rings is 2. The van der Waals surface area contributed by atoms with Crippen molar-refractivity contribution in [1.82, 2.24) is 9.21 Å². The van der Waals surface area contributed by atoms with E-state index in [4.69, 9.17) is 9.47 Å². The maximum absolute atomic E-state index is 13.6. The fourth-order valence-corrected chi connectivity index (χ4v) is 6.25. The van der Waals surface area contributed by atoms with Crippen LogP contribution in [0.2, 0.25) is 0 Å². The van der Waals surface area contributed by atoms with Gasteiger partial charge in [0.25, 0.3) is 5.91 Å². The van der Waals surface area contributed by atoms with Crippen molar-refractivity contribution >= 4 is 15.9 Å². The van der Waals surface area contributed by atoms with Crippen molar-refractivity contribution in [3.63, 3.8) is 0 Å². The second kappa shape index (κ2) is 8.47. The quantitative estimate of drug-likeness (QED) is 0.703. The number of methoxy groups -OCH3 is 2. The molecular formula is C22H25FN2O5S. The van der Waals surface area contributed by atoms with Gasteiger partial charge in [-0.05, 0) is 49.1 Å². The van der Waals surface area contributed by atoms with Crippen LogP contribution in [0.4, 0.5) is 4.39 Å². The van der Waals surface area contributed by atoms with Gasteiger partial charge in [0.05, 0.1) is 19.1 Å². The number of piperidine rings is 1. The van der Waals surface area contributed by atoms with Crippen molar-refractivity contribution in [1.29, 1.82) is 0 Å². The number of sulfonamides is 1. The van der Waals surface area contributed by atoms with Crippen LogP contribution in [0.15, 0.2) is 47.4 Å². The highest BCUT2D eigenvalue weighted by Crippen LogP contribution is 2.37. The van der Waals surface area contributed by atoms with E-state index in [1.807, 2.05) is 0 Å². The number of carbonyl (C=O) groups excluding carboxylic acids is 1. The largest absolute Gasteiger partial charge is 0.493 e. The fraction of sp³-hybridized carbons (Fsp3) is 0.409. The predicted octanol–water partition coefficient (Wildman–Crippen LogP) is 2.77. The zero-order chi connectivity index (χ0) is 22.2. The van der Waals surface area contributed by atoms with Crippen molar-refractivity contribution < 1.29 is 27.1 Å². The van der Waals surface area contributed by atoms with Gasteiger partial charge in [-0.1, -0.05) is 6.07 Å². The molecule has 2 heterocycles. The first kappa shape index (κ1) is 21.6. The number of amides is 1. The molecule has 2 aliphatic rings. The van der Waals surface area contributed by atoms with Crippen LogP contribution in [0, 0.1) is 11.7 Å². The summed E-state index contributed by atoms with van der Waals surface area (Å²) in [5.74, 6) is 0.0795. The number of carbonyl (C=O) groups is 1. The van der Waals surface area contributed by atoms with Crippen LogP contribution < -0.4 is 9.47 Å². The highest BCUT2D eigenvalue weighted by molar-refractivity contribution is 7.89. The van der Waals surface area contributed by atoms with Crippen molar-refractivity contribution in [2.24, 2.45) is 5.92 Å². The highest BCUT2D eigenvalue weighted by Gasteiger charge is 2.45. The van der Waals surface area contributed by atoms with E-state index in [9.17, 15) is 17.6 Å². The lowest BCUT2D eigenvalue weighted by Crippen LogP contribution is -2.48. The molecule has 0 spiro atoms. The molecule has 0 radical (unpaired) electrons. The molecule has 0 unspecified atom stereocenters. The number of likely N-dealkylation sites (tertiary alicyclic amines) is 1. The number of fused-ring (bicyclic) bond motifs is 1. The average molecular weight is 449 g/mol. The third-order valence-electron chi connectivity index (χ3n) is 6.05. The van der Waals surface area contributed by atoms with Crippen molar-refractivity contribution in [3.05, 3.63) is 53.8 Å². The van der Waals surface area contributed by atoms with Crippen LogP contribution in [-0.4, -0.2) is 63.4 Å². The van der Waals surface area contributed by atoms with E-state index in [2.05, 4.69) is 0 Å². The molecule has 166 valence electrons. The van der Waals surface area contributed by atoms with Gasteiger partial charge in [0, 0.05) is 37.3 Å². The van der Waals surface area contributed by atoms with E-state index in [1.165, 1.54) is 48.9 Å². The second-order valence-corrected chi connectivity index (χ2v) is 9.71. The van der Waals surface area contributed by atoms with Crippen LogP contribution in [0.3, 0.4) is 0 Å². The smallest absolute Gasteiger partial charge is 0.254 e. The van der Waals surface area contributed by atoms with Gasteiger partial charge in [0.1, 0.15) is 5.82 Å². The Bertz CT molecular complexity index is 1090. The third kappa shape index (κ3) is 3.99. The Morgan fingerprint density at radius 1 is 1.06 bits per heavy atom. The van der Waals surface area contributed by atoms with Crippen molar-refractivity contribution in [2.45, 2.75) is 23.8 Å². The van der Waals surface area contributed by atoms with Crippen molar-refractivity contribution in [3.8, 4) is 11.5 Å². The highest BCUT2D eigenvalue weighted by atomic mass is 32.2. The maximum atomic E-state index is 13.6. The first-order chi connectivity index (χ1) is 14.8. The number of nitrogens with zero attached hydrogens (tertiary/aromatic N) is 2. The predicted molar refractivity (Wildman–Crippen MR) is 112 cm³/mol. The van der Waals surface area contributed by atoms with E-state index < -0.39 is 15.8 Å². The van der Waals surface area contributed by atoms with Crippen LogP contribution >= 0.6 is 0 Å². The molecule has 2 aromatic rings. The maximum Gasteiger partial charge on any atom is 0.254 e. The topological polar surface area (TPSA) is 76.2 Å². The summed E-state index contributed by atoms with van der Waals surface area (Å²) in [6.45, 7) is 1.13. The van der Waals surface area contributed by atoms with Gasteiger partial charge in [0.2, 0.25) is 10.0 Å². The molecule has 0 saturated carbocycles. The molecule has 2 aliphatic heterocycles. The average Bonchev–Trinajstić information content (AvgIpc) is 3.22. The normalized spacial score (nSPS) is 21.6. The summed E-state index contributed by atoms with van der Waals surface area (Å²) in [5, 5.41) is 0. The Hall–Kier alpha value is -2.65. The van der Waals surface area contributed by atoms with Crippen molar-refractivity contribution in [2.75, 3.05) is 33.9 Å². The Labute approximate surface area is 181 Å². The van der Waals surface area contributed by atoms with E-state index in [1.54, 1.807) is 17.0 Å². The molecule has 0 aliphatic carbocycles. The fourth-order valence-electron chi connectivity index (χ4n) is 4.52. The Kier molecular flexibility index (Phi) is 5.90. The summed E-state index contributed by atoms with van der Waals surface area (Å²) in [6, 6.07) is 9.80. The summed E-state index contributed by atoms with van der Waals surface area (Å²) in [5.41, 5.74) is 0.271. The number of rotatable bonds is 5.